The average molecular weight is 185 g/mol. The van der Waals surface area contributed by atoms with Crippen LogP contribution in [0, 0.1) is 0 Å². The number of hydrogen-bond donors (Lipinski definition) is 0. The minimum Gasteiger partial charge on any atom is -0.408 e. The van der Waals surface area contributed by atoms with Gasteiger partial charge in [0.15, 0.2) is 0 Å². The summed E-state index contributed by atoms with van der Waals surface area (Å²) in [6.07, 6.45) is 5.68. The molecule has 1 saturated heterocycles. The minimum atomic E-state index is 0.398. The van der Waals surface area contributed by atoms with Crippen LogP contribution in [-0.4, -0.2) is 19.9 Å². The van der Waals surface area contributed by atoms with Crippen LogP contribution in [0.2, 0.25) is 0 Å². The Hall–Kier alpha value is -0.0151. The highest BCUT2D eigenvalue weighted by molar-refractivity contribution is 6.19. The lowest BCUT2D eigenvalue weighted by atomic mass is 10.3. The van der Waals surface area contributed by atoms with Gasteiger partial charge in [-0.2, -0.15) is 0 Å². The molecule has 13 heavy (non-hydrogen) atoms. The van der Waals surface area contributed by atoms with E-state index in [0.717, 1.165) is 0 Å². The van der Waals surface area contributed by atoms with Crippen molar-refractivity contribution in [3.8, 4) is 0 Å². The Morgan fingerprint density at radius 1 is 1.08 bits per heavy atom. The summed E-state index contributed by atoms with van der Waals surface area (Å²) in [5.74, 6) is 0. The molecule has 1 saturated carbocycles. The zero-order valence-electron chi connectivity index (χ0n) is 9.38. The molecule has 0 aromatic carbocycles. The Labute approximate surface area is 83.3 Å². The molecule has 0 N–H and O–H groups in total. The average Bonchev–Trinajstić information content (AvgIpc) is 2.69. The van der Waals surface area contributed by atoms with Crippen LogP contribution in [0.1, 0.15) is 53.4 Å². The Bertz CT molecular complexity index is 89.1. The smallest absolute Gasteiger partial charge is 0.408 e. The monoisotopic (exact) mass is 185 g/mol. The van der Waals surface area contributed by atoms with Crippen molar-refractivity contribution in [2.24, 2.45) is 0 Å². The van der Waals surface area contributed by atoms with Crippen LogP contribution >= 0.6 is 0 Å². The highest BCUT2D eigenvalue weighted by atomic mass is 16.6. The third kappa shape index (κ3) is 4.68. The third-order valence-corrected chi connectivity index (χ3v) is 1.85. The molecule has 0 unspecified atom stereocenters. The number of rotatable bonds is 0. The van der Waals surface area contributed by atoms with Crippen LogP contribution in [0.25, 0.3) is 0 Å². The van der Waals surface area contributed by atoms with Crippen LogP contribution in [0.15, 0.2) is 0 Å². The van der Waals surface area contributed by atoms with Crippen LogP contribution < -0.4 is 0 Å². The summed E-state index contributed by atoms with van der Waals surface area (Å²) in [6, 6.07) is 0. The maximum absolute atomic E-state index is 5.13. The molecule has 77 valence electrons. The second-order valence-corrected chi connectivity index (χ2v) is 3.08. The molecular weight excluding hydrogens is 163 g/mol. The van der Waals surface area contributed by atoms with Crippen LogP contribution in [-0.2, 0) is 9.31 Å². The minimum absolute atomic E-state index is 0.398. The zero-order valence-corrected chi connectivity index (χ0v) is 9.38. The van der Waals surface area contributed by atoms with Gasteiger partial charge in [0.1, 0.15) is 0 Å². The molecule has 0 amide bonds. The van der Waals surface area contributed by atoms with Crippen molar-refractivity contribution in [3.63, 3.8) is 0 Å². The predicted molar refractivity (Wildman–Crippen MR) is 56.7 cm³/mol. The van der Waals surface area contributed by atoms with E-state index in [-0.39, 0.29) is 0 Å². The van der Waals surface area contributed by atoms with Crippen LogP contribution in [0.3, 0.4) is 0 Å². The SMILES string of the molecule is CC.CCC.[B]1O[C@H]2CCC[C@H]2O1. The van der Waals surface area contributed by atoms with E-state index in [2.05, 4.69) is 13.8 Å². The largest absolute Gasteiger partial charge is 0.488 e. The molecule has 0 aromatic heterocycles. The molecule has 1 aliphatic carbocycles. The number of fused-ring (bicyclic) bond motifs is 1. The summed E-state index contributed by atoms with van der Waals surface area (Å²) in [5, 5.41) is 0. The van der Waals surface area contributed by atoms with E-state index in [1.807, 2.05) is 13.8 Å². The van der Waals surface area contributed by atoms with Gasteiger partial charge in [0.2, 0.25) is 0 Å². The lowest BCUT2D eigenvalue weighted by Gasteiger charge is -2.04. The van der Waals surface area contributed by atoms with Crippen molar-refractivity contribution in [2.75, 3.05) is 0 Å². The first-order valence-corrected chi connectivity index (χ1v) is 5.51. The van der Waals surface area contributed by atoms with Gasteiger partial charge in [-0.15, -0.1) is 0 Å². The Kier molecular flexibility index (Phi) is 8.57. The molecule has 1 aliphatic heterocycles. The number of hydrogen-bond acceptors (Lipinski definition) is 2. The summed E-state index contributed by atoms with van der Waals surface area (Å²) in [4.78, 5) is 0. The van der Waals surface area contributed by atoms with Gasteiger partial charge in [0, 0.05) is 0 Å². The Balaban J connectivity index is 0.000000251. The molecule has 2 atom stereocenters. The van der Waals surface area contributed by atoms with Crippen molar-refractivity contribution in [1.29, 1.82) is 0 Å². The lowest BCUT2D eigenvalue weighted by molar-refractivity contribution is 0.187. The van der Waals surface area contributed by atoms with Gasteiger partial charge in [0.25, 0.3) is 0 Å². The fourth-order valence-corrected chi connectivity index (χ4v) is 1.38. The molecule has 2 fully saturated rings. The standard InChI is InChI=1S/C5H8BO2.C3H8.C2H6/c1-2-4-5(3-1)8-6-7-4;1-3-2;1-2/h4-5H,1-3H2;3H2,1-2H3;1-2H3/t4-,5+;;. The van der Waals surface area contributed by atoms with Gasteiger partial charge < -0.3 is 9.31 Å². The summed E-state index contributed by atoms with van der Waals surface area (Å²) in [7, 11) is 1.48. The van der Waals surface area contributed by atoms with Gasteiger partial charge in [-0.1, -0.05) is 34.1 Å². The van der Waals surface area contributed by atoms with Crippen molar-refractivity contribution >= 4 is 7.69 Å². The maximum atomic E-state index is 5.13. The quantitative estimate of drug-likeness (QED) is 0.540. The fraction of sp³-hybridized carbons (Fsp3) is 1.00. The van der Waals surface area contributed by atoms with Crippen LogP contribution in [0.4, 0.5) is 0 Å². The van der Waals surface area contributed by atoms with Crippen molar-refractivity contribution in [2.45, 2.75) is 65.6 Å². The summed E-state index contributed by atoms with van der Waals surface area (Å²) in [5.41, 5.74) is 0. The normalized spacial score (nSPS) is 28.9. The predicted octanol–water partition coefficient (Wildman–Crippen LogP) is 2.93. The van der Waals surface area contributed by atoms with E-state index >= 15 is 0 Å². The van der Waals surface area contributed by atoms with Crippen molar-refractivity contribution in [1.82, 2.24) is 0 Å². The first kappa shape index (κ1) is 13.0. The van der Waals surface area contributed by atoms with Gasteiger partial charge in [-0.05, 0) is 19.3 Å². The van der Waals surface area contributed by atoms with Crippen LogP contribution in [0.5, 0.6) is 0 Å². The van der Waals surface area contributed by atoms with Crippen molar-refractivity contribution in [3.05, 3.63) is 0 Å². The van der Waals surface area contributed by atoms with E-state index in [1.54, 1.807) is 0 Å². The van der Waals surface area contributed by atoms with E-state index in [9.17, 15) is 0 Å². The highest BCUT2D eigenvalue weighted by Gasteiger charge is 2.34. The van der Waals surface area contributed by atoms with E-state index < -0.39 is 0 Å². The third-order valence-electron chi connectivity index (χ3n) is 1.85. The summed E-state index contributed by atoms with van der Waals surface area (Å²) in [6.45, 7) is 8.25. The summed E-state index contributed by atoms with van der Waals surface area (Å²) >= 11 is 0. The second-order valence-electron chi connectivity index (χ2n) is 3.08. The van der Waals surface area contributed by atoms with Gasteiger partial charge in [-0.3, -0.25) is 0 Å². The molecule has 0 spiro atoms. The maximum Gasteiger partial charge on any atom is 0.488 e. The molecule has 1 radical (unpaired) electrons. The first-order valence-electron chi connectivity index (χ1n) is 5.51. The molecule has 0 bridgehead atoms. The molecule has 0 aromatic rings. The molecule has 3 heteroatoms. The Morgan fingerprint density at radius 2 is 1.46 bits per heavy atom. The molecule has 2 aliphatic rings. The topological polar surface area (TPSA) is 18.5 Å². The molecule has 1 heterocycles. The fourth-order valence-electron chi connectivity index (χ4n) is 1.38. The van der Waals surface area contributed by atoms with Crippen molar-refractivity contribution < 1.29 is 9.31 Å². The molecular formula is C10H22BO2. The van der Waals surface area contributed by atoms with Gasteiger partial charge in [0.05, 0.1) is 12.2 Å². The zero-order chi connectivity index (χ0) is 10.1. The van der Waals surface area contributed by atoms with E-state index in [4.69, 9.17) is 9.31 Å². The summed E-state index contributed by atoms with van der Waals surface area (Å²) < 4.78 is 10.3. The Morgan fingerprint density at radius 3 is 1.85 bits per heavy atom. The first-order chi connectivity index (χ1) is 6.38. The van der Waals surface area contributed by atoms with E-state index in [0.29, 0.717) is 12.2 Å². The van der Waals surface area contributed by atoms with Gasteiger partial charge in [-0.25, -0.2) is 0 Å². The highest BCUT2D eigenvalue weighted by Crippen LogP contribution is 2.27. The molecule has 2 nitrogen and oxygen atoms in total. The lowest BCUT2D eigenvalue weighted by Crippen LogP contribution is -2.13. The van der Waals surface area contributed by atoms with Gasteiger partial charge >= 0.3 is 7.69 Å². The second kappa shape index (κ2) is 8.58. The van der Waals surface area contributed by atoms with E-state index in [1.165, 1.54) is 33.4 Å². The molecule has 2 rings (SSSR count).